The Morgan fingerprint density at radius 1 is 1.46 bits per heavy atom. The molecule has 0 bridgehead atoms. The third-order valence-electron chi connectivity index (χ3n) is 2.40. The monoisotopic (exact) mass is 175 g/mol. The summed E-state index contributed by atoms with van der Waals surface area (Å²) in [6, 6.07) is 6.09. The molecular weight excluding hydrogens is 162 g/mol. The van der Waals surface area contributed by atoms with Crippen LogP contribution in [0.25, 0.3) is 0 Å². The molecule has 2 nitrogen and oxygen atoms in total. The van der Waals surface area contributed by atoms with Gasteiger partial charge in [0.2, 0.25) is 5.91 Å². The zero-order valence-corrected chi connectivity index (χ0v) is 7.76. The molecule has 0 saturated carbocycles. The van der Waals surface area contributed by atoms with E-state index >= 15 is 0 Å². The first-order chi connectivity index (χ1) is 6.31. The van der Waals surface area contributed by atoms with E-state index < -0.39 is 0 Å². The van der Waals surface area contributed by atoms with Gasteiger partial charge in [0.05, 0.1) is 6.42 Å². The second-order valence-electron chi connectivity index (χ2n) is 3.42. The minimum absolute atomic E-state index is 0.124. The number of nitrogens with one attached hydrogen (secondary N) is 1. The van der Waals surface area contributed by atoms with Crippen LogP contribution in [0.1, 0.15) is 24.5 Å². The maximum absolute atomic E-state index is 11.1. The zero-order valence-electron chi connectivity index (χ0n) is 7.76. The first-order valence-corrected chi connectivity index (χ1v) is 4.72. The van der Waals surface area contributed by atoms with Gasteiger partial charge in [-0.05, 0) is 23.6 Å². The fraction of sp³-hybridized carbons (Fsp3) is 0.364. The molecule has 0 spiro atoms. The van der Waals surface area contributed by atoms with E-state index in [0.29, 0.717) is 6.42 Å². The Labute approximate surface area is 78.0 Å². The van der Waals surface area contributed by atoms with Gasteiger partial charge in [-0.2, -0.15) is 0 Å². The van der Waals surface area contributed by atoms with E-state index in [1.165, 1.54) is 11.1 Å². The summed E-state index contributed by atoms with van der Waals surface area (Å²) in [5.74, 6) is 0.124. The second-order valence-corrected chi connectivity index (χ2v) is 3.42. The van der Waals surface area contributed by atoms with Gasteiger partial charge in [-0.15, -0.1) is 0 Å². The Morgan fingerprint density at radius 3 is 3.08 bits per heavy atom. The first-order valence-electron chi connectivity index (χ1n) is 4.72. The van der Waals surface area contributed by atoms with Crippen molar-refractivity contribution in [2.24, 2.45) is 0 Å². The van der Waals surface area contributed by atoms with Gasteiger partial charge < -0.3 is 5.32 Å². The molecule has 2 heteroatoms. The van der Waals surface area contributed by atoms with E-state index in [1.54, 1.807) is 0 Å². The smallest absolute Gasteiger partial charge is 0.228 e. The van der Waals surface area contributed by atoms with Crippen LogP contribution in [-0.4, -0.2) is 5.91 Å². The SMILES string of the molecule is CCCc1cccc2c1CC(=O)N2. The topological polar surface area (TPSA) is 29.1 Å². The van der Waals surface area contributed by atoms with Crippen LogP contribution in [0, 0.1) is 0 Å². The lowest BCUT2D eigenvalue weighted by atomic mass is 10.0. The molecule has 0 unspecified atom stereocenters. The summed E-state index contributed by atoms with van der Waals surface area (Å²) >= 11 is 0. The van der Waals surface area contributed by atoms with Gasteiger partial charge in [0.1, 0.15) is 0 Å². The van der Waals surface area contributed by atoms with Crippen molar-refractivity contribution in [2.45, 2.75) is 26.2 Å². The van der Waals surface area contributed by atoms with Crippen LogP contribution in [0.2, 0.25) is 0 Å². The lowest BCUT2D eigenvalue weighted by molar-refractivity contribution is -0.115. The molecule has 0 fully saturated rings. The highest BCUT2D eigenvalue weighted by molar-refractivity contribution is 5.99. The molecule has 1 aromatic rings. The molecule has 0 aliphatic carbocycles. The maximum atomic E-state index is 11.1. The molecule has 2 rings (SSSR count). The van der Waals surface area contributed by atoms with Crippen LogP contribution in [0.3, 0.4) is 0 Å². The van der Waals surface area contributed by atoms with Crippen LogP contribution in [0.4, 0.5) is 5.69 Å². The van der Waals surface area contributed by atoms with Crippen molar-refractivity contribution in [3.05, 3.63) is 29.3 Å². The lowest BCUT2D eigenvalue weighted by Crippen LogP contribution is -2.03. The molecule has 0 saturated heterocycles. The van der Waals surface area contributed by atoms with Crippen molar-refractivity contribution in [3.63, 3.8) is 0 Å². The minimum Gasteiger partial charge on any atom is -0.326 e. The predicted octanol–water partition coefficient (Wildman–Crippen LogP) is 2.13. The predicted molar refractivity (Wildman–Crippen MR) is 52.8 cm³/mol. The van der Waals surface area contributed by atoms with Gasteiger partial charge in [0.15, 0.2) is 0 Å². The van der Waals surface area contributed by atoms with E-state index in [4.69, 9.17) is 0 Å². The van der Waals surface area contributed by atoms with Crippen molar-refractivity contribution >= 4 is 11.6 Å². The molecule has 0 radical (unpaired) electrons. The van der Waals surface area contributed by atoms with Crippen molar-refractivity contribution in [1.29, 1.82) is 0 Å². The minimum atomic E-state index is 0.124. The van der Waals surface area contributed by atoms with Gasteiger partial charge in [-0.25, -0.2) is 0 Å². The van der Waals surface area contributed by atoms with Crippen molar-refractivity contribution in [3.8, 4) is 0 Å². The normalized spacial score (nSPS) is 14.1. The molecule has 0 aromatic heterocycles. The third kappa shape index (κ3) is 1.44. The summed E-state index contributed by atoms with van der Waals surface area (Å²) in [5, 5.41) is 2.86. The molecule has 1 N–H and O–H groups in total. The van der Waals surface area contributed by atoms with Gasteiger partial charge in [0.25, 0.3) is 0 Å². The number of rotatable bonds is 2. The first kappa shape index (κ1) is 8.30. The van der Waals surface area contributed by atoms with E-state index in [0.717, 1.165) is 18.5 Å². The number of fused-ring (bicyclic) bond motifs is 1. The molecule has 1 amide bonds. The number of carbonyl (C=O) groups is 1. The highest BCUT2D eigenvalue weighted by Gasteiger charge is 2.19. The zero-order chi connectivity index (χ0) is 9.26. The number of hydrogen-bond acceptors (Lipinski definition) is 1. The van der Waals surface area contributed by atoms with E-state index in [2.05, 4.69) is 18.3 Å². The van der Waals surface area contributed by atoms with Crippen molar-refractivity contribution in [2.75, 3.05) is 5.32 Å². The van der Waals surface area contributed by atoms with Crippen LogP contribution in [-0.2, 0) is 17.6 Å². The number of carbonyl (C=O) groups excluding carboxylic acids is 1. The van der Waals surface area contributed by atoms with E-state index in [9.17, 15) is 4.79 Å². The number of anilines is 1. The number of aryl methyl sites for hydroxylation is 1. The lowest BCUT2D eigenvalue weighted by Gasteiger charge is -2.04. The van der Waals surface area contributed by atoms with Gasteiger partial charge >= 0.3 is 0 Å². The quantitative estimate of drug-likeness (QED) is 0.733. The summed E-state index contributed by atoms with van der Waals surface area (Å²) in [5.41, 5.74) is 3.53. The Hall–Kier alpha value is -1.31. The highest BCUT2D eigenvalue weighted by atomic mass is 16.1. The van der Waals surface area contributed by atoms with Crippen LogP contribution < -0.4 is 5.32 Å². The van der Waals surface area contributed by atoms with Crippen LogP contribution in [0.5, 0.6) is 0 Å². The Balaban J connectivity index is 2.39. The summed E-state index contributed by atoms with van der Waals surface area (Å²) in [6.07, 6.45) is 2.76. The van der Waals surface area contributed by atoms with Crippen LogP contribution >= 0.6 is 0 Å². The average Bonchev–Trinajstić information content (AvgIpc) is 2.47. The van der Waals surface area contributed by atoms with E-state index in [-0.39, 0.29) is 5.91 Å². The van der Waals surface area contributed by atoms with Gasteiger partial charge in [0, 0.05) is 5.69 Å². The fourth-order valence-corrected chi connectivity index (χ4v) is 1.82. The molecule has 0 atom stereocenters. The molecule has 1 aliphatic rings. The Morgan fingerprint density at radius 2 is 2.31 bits per heavy atom. The highest BCUT2D eigenvalue weighted by Crippen LogP contribution is 2.26. The molecule has 1 aliphatic heterocycles. The van der Waals surface area contributed by atoms with Crippen molar-refractivity contribution < 1.29 is 4.79 Å². The maximum Gasteiger partial charge on any atom is 0.228 e. The summed E-state index contributed by atoms with van der Waals surface area (Å²) < 4.78 is 0. The fourth-order valence-electron chi connectivity index (χ4n) is 1.82. The van der Waals surface area contributed by atoms with E-state index in [1.807, 2.05) is 12.1 Å². The van der Waals surface area contributed by atoms with Crippen LogP contribution in [0.15, 0.2) is 18.2 Å². The number of benzene rings is 1. The summed E-state index contributed by atoms with van der Waals surface area (Å²) in [7, 11) is 0. The molecular formula is C11H13NO. The molecule has 68 valence electrons. The second kappa shape index (κ2) is 3.21. The van der Waals surface area contributed by atoms with Gasteiger partial charge in [-0.1, -0.05) is 25.5 Å². The summed E-state index contributed by atoms with van der Waals surface area (Å²) in [4.78, 5) is 11.1. The molecule has 1 aromatic carbocycles. The average molecular weight is 175 g/mol. The van der Waals surface area contributed by atoms with Crippen molar-refractivity contribution in [1.82, 2.24) is 0 Å². The number of amides is 1. The summed E-state index contributed by atoms with van der Waals surface area (Å²) in [6.45, 7) is 2.16. The Kier molecular flexibility index (Phi) is 2.05. The molecule has 13 heavy (non-hydrogen) atoms. The molecule has 1 heterocycles. The van der Waals surface area contributed by atoms with Gasteiger partial charge in [-0.3, -0.25) is 4.79 Å². The number of hydrogen-bond donors (Lipinski definition) is 1. The largest absolute Gasteiger partial charge is 0.326 e. The standard InChI is InChI=1S/C11H13NO/c1-2-4-8-5-3-6-10-9(8)7-11(13)12-10/h3,5-6H,2,4,7H2,1H3,(H,12,13). The Bertz CT molecular complexity index is 344. The third-order valence-corrected chi connectivity index (χ3v) is 2.40.